The second kappa shape index (κ2) is 9.31. The monoisotopic (exact) mass is 367 g/mol. The van der Waals surface area contributed by atoms with Crippen LogP contribution in [-0.4, -0.2) is 26.7 Å². The molecule has 1 aliphatic rings. The number of anilines is 1. The van der Waals surface area contributed by atoms with E-state index in [4.69, 9.17) is 15.2 Å². The first-order valence-electron chi connectivity index (χ1n) is 9.60. The minimum Gasteiger partial charge on any atom is -0.493 e. The summed E-state index contributed by atoms with van der Waals surface area (Å²) < 4.78 is 10.6. The minimum atomic E-state index is 0.487. The average molecular weight is 367 g/mol. The van der Waals surface area contributed by atoms with Crippen LogP contribution in [0.3, 0.4) is 0 Å². The third-order valence-electron chi connectivity index (χ3n) is 5.01. The summed E-state index contributed by atoms with van der Waals surface area (Å²) >= 11 is 0. The molecular formula is C22H29N3O2. The van der Waals surface area contributed by atoms with E-state index in [9.17, 15) is 0 Å². The average Bonchev–Trinajstić information content (AvgIpc) is 2.71. The summed E-state index contributed by atoms with van der Waals surface area (Å²) in [7, 11) is 3.30. The lowest BCUT2D eigenvalue weighted by molar-refractivity contribution is 0.354. The van der Waals surface area contributed by atoms with Crippen LogP contribution in [0.1, 0.15) is 36.0 Å². The normalized spacial score (nSPS) is 13.8. The summed E-state index contributed by atoms with van der Waals surface area (Å²) in [5, 5.41) is 3.29. The number of benzene rings is 2. The molecule has 27 heavy (non-hydrogen) atoms. The van der Waals surface area contributed by atoms with Gasteiger partial charge in [0.15, 0.2) is 17.5 Å². The number of hydrogen-bond acceptors (Lipinski definition) is 3. The number of guanidine groups is 1. The smallest absolute Gasteiger partial charge is 0.193 e. The van der Waals surface area contributed by atoms with Crippen LogP contribution in [-0.2, 0) is 19.3 Å². The van der Waals surface area contributed by atoms with E-state index in [1.165, 1.54) is 29.5 Å². The standard InChI is InChI=1S/C22H29N3O2/c1-26-20-13-12-16(15-21(20)27-2)7-6-14-24-22(23)25-19-11-5-9-17-8-3-4-10-18(17)19/h5,9,11-13,15H,3-4,6-8,10,14H2,1-2H3,(H3,23,24,25). The van der Waals surface area contributed by atoms with E-state index < -0.39 is 0 Å². The Labute approximate surface area is 161 Å². The number of nitrogens with one attached hydrogen (secondary N) is 1. The second-order valence-electron chi connectivity index (χ2n) is 6.84. The molecule has 5 heteroatoms. The Hall–Kier alpha value is -2.69. The van der Waals surface area contributed by atoms with E-state index in [1.54, 1.807) is 14.2 Å². The third-order valence-corrected chi connectivity index (χ3v) is 5.01. The van der Waals surface area contributed by atoms with Crippen molar-refractivity contribution in [3.63, 3.8) is 0 Å². The van der Waals surface area contributed by atoms with E-state index >= 15 is 0 Å². The molecule has 0 aromatic heterocycles. The van der Waals surface area contributed by atoms with Crippen LogP contribution in [0.15, 0.2) is 41.4 Å². The molecule has 0 aliphatic heterocycles. The molecule has 0 bridgehead atoms. The first-order valence-corrected chi connectivity index (χ1v) is 9.60. The van der Waals surface area contributed by atoms with Gasteiger partial charge in [-0.25, -0.2) is 0 Å². The number of methoxy groups -OCH3 is 2. The lowest BCUT2D eigenvalue weighted by Crippen LogP contribution is -2.24. The van der Waals surface area contributed by atoms with Gasteiger partial charge in [-0.05, 0) is 73.4 Å². The highest BCUT2D eigenvalue weighted by Gasteiger charge is 2.13. The molecule has 0 heterocycles. The number of nitrogens with two attached hydrogens (primary N) is 1. The van der Waals surface area contributed by atoms with Crippen molar-refractivity contribution in [2.75, 3.05) is 26.1 Å². The summed E-state index contributed by atoms with van der Waals surface area (Å²) in [5.41, 5.74) is 11.2. The predicted octanol–water partition coefficient (Wildman–Crippen LogP) is 3.94. The molecule has 2 aromatic carbocycles. The molecule has 2 aromatic rings. The Morgan fingerprint density at radius 1 is 1.07 bits per heavy atom. The van der Waals surface area contributed by atoms with E-state index in [0.29, 0.717) is 12.5 Å². The summed E-state index contributed by atoms with van der Waals surface area (Å²) in [6, 6.07) is 12.4. The first-order chi connectivity index (χ1) is 13.2. The molecule has 144 valence electrons. The zero-order chi connectivity index (χ0) is 19.1. The minimum absolute atomic E-state index is 0.487. The molecule has 0 spiro atoms. The third kappa shape index (κ3) is 4.94. The highest BCUT2D eigenvalue weighted by atomic mass is 16.5. The SMILES string of the molecule is COc1ccc(CCCN=C(N)Nc2cccc3c2CCCC3)cc1OC. The second-order valence-corrected chi connectivity index (χ2v) is 6.84. The Kier molecular flexibility index (Phi) is 6.58. The molecule has 0 amide bonds. The van der Waals surface area contributed by atoms with Gasteiger partial charge in [-0.3, -0.25) is 4.99 Å². The lowest BCUT2D eigenvalue weighted by atomic mass is 9.90. The van der Waals surface area contributed by atoms with E-state index in [-0.39, 0.29) is 0 Å². The zero-order valence-corrected chi connectivity index (χ0v) is 16.3. The van der Waals surface area contributed by atoms with Gasteiger partial charge in [0.05, 0.1) is 14.2 Å². The Balaban J connectivity index is 1.53. The maximum Gasteiger partial charge on any atom is 0.193 e. The van der Waals surface area contributed by atoms with Gasteiger partial charge in [-0.15, -0.1) is 0 Å². The van der Waals surface area contributed by atoms with Crippen molar-refractivity contribution in [3.05, 3.63) is 53.1 Å². The van der Waals surface area contributed by atoms with Crippen molar-refractivity contribution in [1.29, 1.82) is 0 Å². The number of aliphatic imine (C=N–C) groups is 1. The number of fused-ring (bicyclic) bond motifs is 1. The molecule has 0 saturated carbocycles. The van der Waals surface area contributed by atoms with Crippen molar-refractivity contribution >= 4 is 11.6 Å². The van der Waals surface area contributed by atoms with Crippen LogP contribution in [0.5, 0.6) is 11.5 Å². The Bertz CT molecular complexity index is 802. The van der Waals surface area contributed by atoms with Crippen LogP contribution in [0.4, 0.5) is 5.69 Å². The zero-order valence-electron chi connectivity index (χ0n) is 16.3. The molecular weight excluding hydrogens is 338 g/mol. The molecule has 3 N–H and O–H groups in total. The first kappa shape index (κ1) is 19.1. The lowest BCUT2D eigenvalue weighted by Gasteiger charge is -2.19. The molecule has 0 fully saturated rings. The highest BCUT2D eigenvalue weighted by molar-refractivity contribution is 5.93. The molecule has 0 saturated heterocycles. The number of aryl methyl sites for hydroxylation is 2. The van der Waals surface area contributed by atoms with Crippen LogP contribution in [0, 0.1) is 0 Å². The van der Waals surface area contributed by atoms with Crippen LogP contribution in [0.2, 0.25) is 0 Å². The fourth-order valence-electron chi connectivity index (χ4n) is 3.59. The molecule has 3 rings (SSSR count). The van der Waals surface area contributed by atoms with Crippen molar-refractivity contribution < 1.29 is 9.47 Å². The van der Waals surface area contributed by atoms with Crippen molar-refractivity contribution in [1.82, 2.24) is 0 Å². The summed E-state index contributed by atoms with van der Waals surface area (Å²) in [6.07, 6.45) is 6.63. The Morgan fingerprint density at radius 2 is 1.89 bits per heavy atom. The maximum absolute atomic E-state index is 6.10. The molecule has 0 atom stereocenters. The number of hydrogen-bond donors (Lipinski definition) is 2. The summed E-state index contributed by atoms with van der Waals surface area (Å²) in [6.45, 7) is 0.683. The molecule has 0 radical (unpaired) electrons. The van der Waals surface area contributed by atoms with Gasteiger partial charge in [0.2, 0.25) is 0 Å². The highest BCUT2D eigenvalue weighted by Crippen LogP contribution is 2.28. The molecule has 1 aliphatic carbocycles. The van der Waals surface area contributed by atoms with E-state index in [0.717, 1.165) is 42.9 Å². The van der Waals surface area contributed by atoms with E-state index in [1.807, 2.05) is 12.1 Å². The van der Waals surface area contributed by atoms with Gasteiger partial charge >= 0.3 is 0 Å². The van der Waals surface area contributed by atoms with Crippen LogP contribution >= 0.6 is 0 Å². The number of ether oxygens (including phenoxy) is 2. The molecule has 0 unspecified atom stereocenters. The van der Waals surface area contributed by atoms with Gasteiger partial charge in [-0.1, -0.05) is 18.2 Å². The van der Waals surface area contributed by atoms with Crippen molar-refractivity contribution in [3.8, 4) is 11.5 Å². The molecule has 5 nitrogen and oxygen atoms in total. The topological polar surface area (TPSA) is 68.9 Å². The fraction of sp³-hybridized carbons (Fsp3) is 0.409. The van der Waals surface area contributed by atoms with Crippen molar-refractivity contribution in [2.24, 2.45) is 10.7 Å². The summed E-state index contributed by atoms with van der Waals surface area (Å²) in [4.78, 5) is 4.49. The largest absolute Gasteiger partial charge is 0.493 e. The number of rotatable bonds is 7. The predicted molar refractivity (Wildman–Crippen MR) is 111 cm³/mol. The Morgan fingerprint density at radius 3 is 2.70 bits per heavy atom. The number of nitrogens with zero attached hydrogens (tertiary/aromatic N) is 1. The van der Waals surface area contributed by atoms with Crippen LogP contribution < -0.4 is 20.5 Å². The van der Waals surface area contributed by atoms with Gasteiger partial charge in [0.25, 0.3) is 0 Å². The van der Waals surface area contributed by atoms with E-state index in [2.05, 4.69) is 34.6 Å². The quantitative estimate of drug-likeness (QED) is 0.442. The summed E-state index contributed by atoms with van der Waals surface area (Å²) in [5.74, 6) is 1.99. The van der Waals surface area contributed by atoms with Gasteiger partial charge < -0.3 is 20.5 Å². The fourth-order valence-corrected chi connectivity index (χ4v) is 3.59. The van der Waals surface area contributed by atoms with Crippen LogP contribution in [0.25, 0.3) is 0 Å². The van der Waals surface area contributed by atoms with Gasteiger partial charge in [0.1, 0.15) is 0 Å². The van der Waals surface area contributed by atoms with Crippen molar-refractivity contribution in [2.45, 2.75) is 38.5 Å². The van der Waals surface area contributed by atoms with Gasteiger partial charge in [-0.2, -0.15) is 0 Å². The maximum atomic E-state index is 6.10. The van der Waals surface area contributed by atoms with Gasteiger partial charge in [0, 0.05) is 12.2 Å².